The second-order valence-corrected chi connectivity index (χ2v) is 5.89. The number of carboxylic acid groups (broad SMARTS) is 1. The van der Waals surface area contributed by atoms with Crippen LogP contribution in [0.3, 0.4) is 0 Å². The normalized spacial score (nSPS) is 13.9. The first-order valence-corrected chi connectivity index (χ1v) is 7.75. The van der Waals surface area contributed by atoms with E-state index in [1.54, 1.807) is 0 Å². The van der Waals surface area contributed by atoms with E-state index in [1.807, 2.05) is 37.3 Å². The summed E-state index contributed by atoms with van der Waals surface area (Å²) < 4.78 is 17.2. The number of rotatable bonds is 9. The lowest BCUT2D eigenvalue weighted by Crippen LogP contribution is -2.30. The highest BCUT2D eigenvalue weighted by atomic mass is 32.2. The molecule has 1 aromatic carbocycles. The molecular weight excluding hydrogens is 264 g/mol. The van der Waals surface area contributed by atoms with Gasteiger partial charge in [-0.3, -0.25) is 9.00 Å². The van der Waals surface area contributed by atoms with E-state index >= 15 is 0 Å². The summed E-state index contributed by atoms with van der Waals surface area (Å²) in [6.45, 7) is 3.05. The lowest BCUT2D eigenvalue weighted by atomic mass is 10.1. The molecule has 2 unspecified atom stereocenters. The quantitative estimate of drug-likeness (QED) is 0.703. The molecule has 0 saturated carbocycles. The number of benzene rings is 1. The summed E-state index contributed by atoms with van der Waals surface area (Å²) in [5.41, 5.74) is 0.896. The summed E-state index contributed by atoms with van der Waals surface area (Å²) in [5, 5.41) is 8.34. The number of hydrogen-bond acceptors (Lipinski definition) is 3. The largest absolute Gasteiger partial charge is 0.480 e. The molecule has 0 aliphatic heterocycles. The third-order valence-corrected chi connectivity index (χ3v) is 4.39. The van der Waals surface area contributed by atoms with Crippen molar-refractivity contribution in [1.29, 1.82) is 0 Å². The van der Waals surface area contributed by atoms with Crippen molar-refractivity contribution < 1.29 is 18.8 Å². The molecule has 0 amide bonds. The molecule has 0 aromatic heterocycles. The predicted octanol–water partition coefficient (Wildman–Crippen LogP) is 1.86. The van der Waals surface area contributed by atoms with Gasteiger partial charge >= 0.3 is 5.97 Å². The molecule has 0 aliphatic rings. The average molecular weight is 284 g/mol. The maximum Gasteiger partial charge on any atom is 0.319 e. The Balaban J connectivity index is 2.52. The number of hydrogen-bond donors (Lipinski definition) is 1. The molecule has 1 rings (SSSR count). The van der Waals surface area contributed by atoms with Gasteiger partial charge in [-0.15, -0.1) is 0 Å². The van der Waals surface area contributed by atoms with E-state index in [2.05, 4.69) is 0 Å². The van der Waals surface area contributed by atoms with E-state index in [4.69, 9.17) is 4.74 Å². The Kier molecular flexibility index (Phi) is 7.36. The standard InChI is InChI=1S/C14H20O4S/c1-2-18-9-6-10-19(17)13(14(15)16)11-12-7-4-3-5-8-12/h3-5,7-8,13H,2,6,9-11H2,1H3,(H,15,16). The molecule has 0 spiro atoms. The highest BCUT2D eigenvalue weighted by Gasteiger charge is 2.24. The minimum absolute atomic E-state index is 0.303. The lowest BCUT2D eigenvalue weighted by Gasteiger charge is -2.12. The van der Waals surface area contributed by atoms with Gasteiger partial charge in [-0.2, -0.15) is 0 Å². The summed E-state index contributed by atoms with van der Waals surface area (Å²) in [6.07, 6.45) is 0.927. The first kappa shape index (κ1) is 15.9. The van der Waals surface area contributed by atoms with Crippen molar-refractivity contribution in [3.05, 3.63) is 35.9 Å². The Morgan fingerprint density at radius 3 is 2.63 bits per heavy atom. The molecule has 0 aliphatic carbocycles. The molecule has 19 heavy (non-hydrogen) atoms. The molecule has 5 heteroatoms. The fourth-order valence-corrected chi connectivity index (χ4v) is 3.00. The number of ether oxygens (including phenoxy) is 1. The van der Waals surface area contributed by atoms with Crippen molar-refractivity contribution >= 4 is 16.8 Å². The van der Waals surface area contributed by atoms with Crippen LogP contribution >= 0.6 is 0 Å². The highest BCUT2D eigenvalue weighted by molar-refractivity contribution is 7.86. The van der Waals surface area contributed by atoms with E-state index in [0.29, 0.717) is 31.8 Å². The second-order valence-electron chi connectivity index (χ2n) is 4.15. The maximum absolute atomic E-state index is 12.0. The smallest absolute Gasteiger partial charge is 0.319 e. The number of carboxylic acids is 1. The summed E-state index contributed by atoms with van der Waals surface area (Å²) in [6, 6.07) is 9.29. The topological polar surface area (TPSA) is 63.6 Å². The maximum atomic E-state index is 12.0. The van der Waals surface area contributed by atoms with Crippen molar-refractivity contribution in [2.45, 2.75) is 25.0 Å². The first-order valence-electron chi connectivity index (χ1n) is 6.36. The molecule has 0 saturated heterocycles. The molecule has 106 valence electrons. The van der Waals surface area contributed by atoms with Crippen molar-refractivity contribution in [2.24, 2.45) is 0 Å². The van der Waals surface area contributed by atoms with Crippen molar-refractivity contribution in [3.8, 4) is 0 Å². The van der Waals surface area contributed by atoms with Gasteiger partial charge in [-0.05, 0) is 25.3 Å². The van der Waals surface area contributed by atoms with Gasteiger partial charge in [0.15, 0.2) is 0 Å². The Labute approximate surface area is 116 Å². The van der Waals surface area contributed by atoms with Crippen LogP contribution in [-0.4, -0.2) is 39.5 Å². The zero-order valence-electron chi connectivity index (χ0n) is 11.1. The van der Waals surface area contributed by atoms with E-state index in [1.165, 1.54) is 0 Å². The number of carbonyl (C=O) groups is 1. The Morgan fingerprint density at radius 1 is 1.37 bits per heavy atom. The average Bonchev–Trinajstić information content (AvgIpc) is 2.41. The van der Waals surface area contributed by atoms with Crippen LogP contribution in [0.1, 0.15) is 18.9 Å². The van der Waals surface area contributed by atoms with Gasteiger partial charge in [0, 0.05) is 29.8 Å². The molecule has 2 atom stereocenters. The minimum Gasteiger partial charge on any atom is -0.480 e. The first-order chi connectivity index (χ1) is 9.15. The van der Waals surface area contributed by atoms with E-state index in [-0.39, 0.29) is 0 Å². The van der Waals surface area contributed by atoms with Gasteiger partial charge in [0.25, 0.3) is 0 Å². The van der Waals surface area contributed by atoms with Gasteiger partial charge in [-0.25, -0.2) is 0 Å². The fraction of sp³-hybridized carbons (Fsp3) is 0.500. The summed E-state index contributed by atoms with van der Waals surface area (Å²) in [7, 11) is -1.37. The van der Waals surface area contributed by atoms with Crippen LogP contribution in [-0.2, 0) is 26.8 Å². The van der Waals surface area contributed by atoms with Gasteiger partial charge in [0.2, 0.25) is 0 Å². The van der Waals surface area contributed by atoms with Gasteiger partial charge in [0.05, 0.1) is 0 Å². The van der Waals surface area contributed by atoms with Crippen molar-refractivity contribution in [2.75, 3.05) is 19.0 Å². The molecule has 0 bridgehead atoms. The third kappa shape index (κ3) is 5.98. The minimum atomic E-state index is -1.37. The zero-order chi connectivity index (χ0) is 14.1. The molecule has 1 N–H and O–H groups in total. The molecule has 0 fully saturated rings. The second kappa shape index (κ2) is 8.82. The van der Waals surface area contributed by atoms with Crippen LogP contribution in [0.2, 0.25) is 0 Å². The Hall–Kier alpha value is -1.20. The predicted molar refractivity (Wildman–Crippen MR) is 75.7 cm³/mol. The Bertz CT molecular complexity index is 405. The summed E-state index contributed by atoms with van der Waals surface area (Å²) in [5.74, 6) is -0.636. The third-order valence-electron chi connectivity index (χ3n) is 2.70. The summed E-state index contributed by atoms with van der Waals surface area (Å²) in [4.78, 5) is 11.2. The van der Waals surface area contributed by atoms with E-state index in [0.717, 1.165) is 5.56 Å². The van der Waals surface area contributed by atoms with Crippen molar-refractivity contribution in [3.63, 3.8) is 0 Å². The molecule has 0 radical (unpaired) electrons. The zero-order valence-corrected chi connectivity index (χ0v) is 11.9. The summed E-state index contributed by atoms with van der Waals surface area (Å²) >= 11 is 0. The number of aliphatic carboxylic acids is 1. The highest BCUT2D eigenvalue weighted by Crippen LogP contribution is 2.09. The molecule has 4 nitrogen and oxygen atoms in total. The van der Waals surface area contributed by atoms with Crippen LogP contribution in [0, 0.1) is 0 Å². The molecule has 0 heterocycles. The molecular formula is C14H20O4S. The van der Waals surface area contributed by atoms with Crippen LogP contribution in [0.15, 0.2) is 30.3 Å². The lowest BCUT2D eigenvalue weighted by molar-refractivity contribution is -0.136. The van der Waals surface area contributed by atoms with E-state index in [9.17, 15) is 14.1 Å². The Morgan fingerprint density at radius 2 is 2.05 bits per heavy atom. The van der Waals surface area contributed by atoms with Crippen LogP contribution in [0.5, 0.6) is 0 Å². The van der Waals surface area contributed by atoms with Crippen molar-refractivity contribution in [1.82, 2.24) is 0 Å². The monoisotopic (exact) mass is 284 g/mol. The fourth-order valence-electron chi connectivity index (χ4n) is 1.71. The SMILES string of the molecule is CCOCCCS(=O)C(Cc1ccccc1)C(=O)O. The molecule has 1 aromatic rings. The van der Waals surface area contributed by atoms with Crippen LogP contribution in [0.25, 0.3) is 0 Å². The van der Waals surface area contributed by atoms with Gasteiger partial charge in [0.1, 0.15) is 5.25 Å². The van der Waals surface area contributed by atoms with Crippen LogP contribution < -0.4 is 0 Å². The van der Waals surface area contributed by atoms with Crippen LogP contribution in [0.4, 0.5) is 0 Å². The van der Waals surface area contributed by atoms with E-state index < -0.39 is 22.0 Å². The van der Waals surface area contributed by atoms with Gasteiger partial charge in [-0.1, -0.05) is 30.3 Å². The van der Waals surface area contributed by atoms with Gasteiger partial charge < -0.3 is 9.84 Å².